The van der Waals surface area contributed by atoms with E-state index in [4.69, 9.17) is 4.74 Å². The number of fused-ring (bicyclic) bond motifs is 4. The lowest BCUT2D eigenvalue weighted by atomic mass is 9.84. The number of benzene rings is 9. The SMILES string of the molecule is c1ccc(-c2ccc(-c3ccc(-c4c5ccccc5c(-c5ccc6c(c5)-c5cccc7cccc(c57)O6)c5ccccc45)cc3)cc2)cc1. The van der Waals surface area contributed by atoms with Crippen molar-refractivity contribution in [2.45, 2.75) is 0 Å². The predicted molar refractivity (Wildman–Crippen MR) is 206 cm³/mol. The third-order valence-electron chi connectivity index (χ3n) is 10.1. The molecule has 10 rings (SSSR count). The van der Waals surface area contributed by atoms with E-state index in [0.29, 0.717) is 0 Å². The zero-order valence-electron chi connectivity index (χ0n) is 26.7. The molecule has 0 saturated carbocycles. The van der Waals surface area contributed by atoms with E-state index < -0.39 is 0 Å². The van der Waals surface area contributed by atoms with Crippen LogP contribution in [0, 0.1) is 0 Å². The summed E-state index contributed by atoms with van der Waals surface area (Å²) in [4.78, 5) is 0. The molecule has 0 atom stereocenters. The highest BCUT2D eigenvalue weighted by Crippen LogP contribution is 2.50. The molecule has 1 aliphatic heterocycles. The van der Waals surface area contributed by atoms with Gasteiger partial charge in [-0.05, 0) is 95.2 Å². The van der Waals surface area contributed by atoms with Gasteiger partial charge in [0.2, 0.25) is 0 Å². The van der Waals surface area contributed by atoms with Crippen LogP contribution < -0.4 is 4.74 Å². The Bertz CT molecular complexity index is 2640. The van der Waals surface area contributed by atoms with Gasteiger partial charge < -0.3 is 4.74 Å². The van der Waals surface area contributed by atoms with Crippen LogP contribution >= 0.6 is 0 Å². The molecule has 0 spiro atoms. The number of rotatable bonds is 4. The maximum atomic E-state index is 6.46. The summed E-state index contributed by atoms with van der Waals surface area (Å²) in [5, 5.41) is 7.35. The van der Waals surface area contributed by atoms with Crippen LogP contribution in [0.25, 0.3) is 88.0 Å². The van der Waals surface area contributed by atoms with Crippen molar-refractivity contribution in [1.82, 2.24) is 0 Å². The zero-order valence-corrected chi connectivity index (χ0v) is 26.7. The monoisotopic (exact) mass is 622 g/mol. The van der Waals surface area contributed by atoms with Gasteiger partial charge in [0.25, 0.3) is 0 Å². The summed E-state index contributed by atoms with van der Waals surface area (Å²) < 4.78 is 6.46. The molecule has 1 nitrogen and oxygen atoms in total. The van der Waals surface area contributed by atoms with Gasteiger partial charge >= 0.3 is 0 Å². The molecular weight excluding hydrogens is 593 g/mol. The largest absolute Gasteiger partial charge is 0.456 e. The molecule has 9 aromatic carbocycles. The highest BCUT2D eigenvalue weighted by molar-refractivity contribution is 6.21. The summed E-state index contributed by atoms with van der Waals surface area (Å²) in [6, 6.07) is 65.7. The summed E-state index contributed by atoms with van der Waals surface area (Å²) in [5.41, 5.74) is 12.2. The van der Waals surface area contributed by atoms with Crippen molar-refractivity contribution in [1.29, 1.82) is 0 Å². The summed E-state index contributed by atoms with van der Waals surface area (Å²) in [7, 11) is 0. The highest BCUT2D eigenvalue weighted by atomic mass is 16.5. The molecule has 228 valence electrons. The first kappa shape index (κ1) is 27.7. The van der Waals surface area contributed by atoms with Crippen molar-refractivity contribution in [2.75, 3.05) is 0 Å². The normalized spacial score (nSPS) is 11.8. The standard InChI is InChI=1S/C48H30O/c1-2-10-31(11-3-1)32-20-22-33(23-21-32)34-24-26-36(27-25-34)46-38-14-4-6-16-40(38)47(41-17-7-5-15-39(41)46)37-28-29-44-43(30-37)42-18-8-12-35-13-9-19-45(49-44)48(35)42/h1-30H. The summed E-state index contributed by atoms with van der Waals surface area (Å²) in [6.07, 6.45) is 0. The maximum Gasteiger partial charge on any atom is 0.135 e. The molecule has 0 unspecified atom stereocenters. The van der Waals surface area contributed by atoms with Crippen molar-refractivity contribution in [2.24, 2.45) is 0 Å². The fourth-order valence-electron chi connectivity index (χ4n) is 7.78. The molecule has 9 aromatic rings. The molecule has 1 heteroatoms. The first-order valence-electron chi connectivity index (χ1n) is 16.8. The Morgan fingerprint density at radius 3 is 1.35 bits per heavy atom. The predicted octanol–water partition coefficient (Wildman–Crippen LogP) is 13.6. The number of hydrogen-bond acceptors (Lipinski definition) is 1. The molecule has 0 aliphatic carbocycles. The van der Waals surface area contributed by atoms with E-state index in [1.165, 1.54) is 82.4 Å². The van der Waals surface area contributed by atoms with Gasteiger partial charge in [-0.25, -0.2) is 0 Å². The van der Waals surface area contributed by atoms with Crippen LogP contribution in [0.2, 0.25) is 0 Å². The first-order chi connectivity index (χ1) is 24.3. The molecule has 1 heterocycles. The Hall–Kier alpha value is -6.44. The van der Waals surface area contributed by atoms with E-state index in [1.54, 1.807) is 0 Å². The van der Waals surface area contributed by atoms with Gasteiger partial charge in [-0.1, -0.05) is 164 Å². The second-order valence-electron chi connectivity index (χ2n) is 12.8. The van der Waals surface area contributed by atoms with Crippen LogP contribution in [-0.4, -0.2) is 0 Å². The zero-order chi connectivity index (χ0) is 32.3. The number of ether oxygens (including phenoxy) is 1. The Labute approximate surface area is 285 Å². The molecule has 49 heavy (non-hydrogen) atoms. The van der Waals surface area contributed by atoms with Gasteiger partial charge in [0.15, 0.2) is 0 Å². The Balaban J connectivity index is 1.11. The van der Waals surface area contributed by atoms with Crippen molar-refractivity contribution < 1.29 is 4.74 Å². The fourth-order valence-corrected chi connectivity index (χ4v) is 7.78. The van der Waals surface area contributed by atoms with E-state index in [2.05, 4.69) is 182 Å². The molecule has 0 amide bonds. The van der Waals surface area contributed by atoms with E-state index in [0.717, 1.165) is 17.1 Å². The van der Waals surface area contributed by atoms with E-state index >= 15 is 0 Å². The van der Waals surface area contributed by atoms with Gasteiger partial charge in [-0.2, -0.15) is 0 Å². The van der Waals surface area contributed by atoms with Crippen molar-refractivity contribution in [3.8, 4) is 67.1 Å². The molecule has 1 aliphatic rings. The topological polar surface area (TPSA) is 9.23 Å². The smallest absolute Gasteiger partial charge is 0.135 e. The molecule has 0 N–H and O–H groups in total. The van der Waals surface area contributed by atoms with E-state index in [9.17, 15) is 0 Å². The lowest BCUT2D eigenvalue weighted by Gasteiger charge is -2.23. The summed E-state index contributed by atoms with van der Waals surface area (Å²) in [6.45, 7) is 0. The minimum Gasteiger partial charge on any atom is -0.456 e. The second-order valence-corrected chi connectivity index (χ2v) is 12.8. The third-order valence-corrected chi connectivity index (χ3v) is 10.1. The average Bonchev–Trinajstić information content (AvgIpc) is 3.17. The van der Waals surface area contributed by atoms with Crippen LogP contribution in [-0.2, 0) is 0 Å². The third kappa shape index (κ3) is 4.47. The quantitative estimate of drug-likeness (QED) is 0.177. The van der Waals surface area contributed by atoms with Crippen LogP contribution in [0.4, 0.5) is 0 Å². The highest BCUT2D eigenvalue weighted by Gasteiger charge is 2.22. The van der Waals surface area contributed by atoms with Crippen molar-refractivity contribution >= 4 is 32.3 Å². The lowest BCUT2D eigenvalue weighted by Crippen LogP contribution is -1.97. The van der Waals surface area contributed by atoms with Gasteiger partial charge in [0, 0.05) is 10.9 Å². The second kappa shape index (κ2) is 11.1. The molecule has 0 saturated heterocycles. The van der Waals surface area contributed by atoms with E-state index in [-0.39, 0.29) is 0 Å². The fraction of sp³-hybridized carbons (Fsp3) is 0. The summed E-state index contributed by atoms with van der Waals surface area (Å²) >= 11 is 0. The molecule has 0 fully saturated rings. The van der Waals surface area contributed by atoms with Crippen molar-refractivity contribution in [3.05, 3.63) is 182 Å². The molecular formula is C48H30O. The Morgan fingerprint density at radius 1 is 0.286 bits per heavy atom. The van der Waals surface area contributed by atoms with Gasteiger partial charge in [0.1, 0.15) is 11.5 Å². The van der Waals surface area contributed by atoms with Crippen LogP contribution in [0.1, 0.15) is 0 Å². The van der Waals surface area contributed by atoms with Crippen LogP contribution in [0.5, 0.6) is 11.5 Å². The average molecular weight is 623 g/mol. The van der Waals surface area contributed by atoms with Crippen LogP contribution in [0.3, 0.4) is 0 Å². The van der Waals surface area contributed by atoms with Crippen molar-refractivity contribution in [3.63, 3.8) is 0 Å². The van der Waals surface area contributed by atoms with Gasteiger partial charge in [0.05, 0.1) is 0 Å². The summed E-state index contributed by atoms with van der Waals surface area (Å²) in [5.74, 6) is 1.82. The van der Waals surface area contributed by atoms with E-state index in [1.807, 2.05) is 0 Å². The van der Waals surface area contributed by atoms with Gasteiger partial charge in [-0.15, -0.1) is 0 Å². The van der Waals surface area contributed by atoms with Gasteiger partial charge in [-0.3, -0.25) is 0 Å². The minimum absolute atomic E-state index is 0.898. The lowest BCUT2D eigenvalue weighted by molar-refractivity contribution is 0.487. The number of hydrogen-bond donors (Lipinski definition) is 0. The van der Waals surface area contributed by atoms with Crippen LogP contribution in [0.15, 0.2) is 182 Å². The molecule has 0 aromatic heterocycles. The maximum absolute atomic E-state index is 6.46. The Kier molecular flexibility index (Phi) is 6.25. The first-order valence-corrected chi connectivity index (χ1v) is 16.8. The molecule has 0 radical (unpaired) electrons. The minimum atomic E-state index is 0.898. The molecule has 0 bridgehead atoms. The Morgan fingerprint density at radius 2 is 0.755 bits per heavy atom.